The summed E-state index contributed by atoms with van der Waals surface area (Å²) in [6, 6.07) is 0. The molecular weight excluding hydrogens is 440 g/mol. The van der Waals surface area contributed by atoms with Gasteiger partial charge >= 0.3 is 0 Å². The van der Waals surface area contributed by atoms with Gasteiger partial charge in [0.1, 0.15) is 12.2 Å². The maximum absolute atomic E-state index is 11.6. The van der Waals surface area contributed by atoms with Crippen LogP contribution in [0.2, 0.25) is 0 Å². The molecule has 2 saturated heterocycles. The lowest BCUT2D eigenvalue weighted by molar-refractivity contribution is -0.327. The largest absolute Gasteiger partial charge is 0.393 e. The second-order valence-electron chi connectivity index (χ2n) is 15.9. The predicted octanol–water partition coefficient (Wildman–Crippen LogP) is 4.66. The highest BCUT2D eigenvalue weighted by atomic mass is 16.7. The van der Waals surface area contributed by atoms with E-state index in [0.29, 0.717) is 28.6 Å². The predicted molar refractivity (Wildman–Crippen MR) is 132 cm³/mol. The fourth-order valence-corrected chi connectivity index (χ4v) is 12.6. The van der Waals surface area contributed by atoms with E-state index < -0.39 is 23.6 Å². The minimum Gasteiger partial charge on any atom is -0.393 e. The van der Waals surface area contributed by atoms with Crippen molar-refractivity contribution in [1.29, 1.82) is 0 Å². The Morgan fingerprint density at radius 3 is 2.14 bits per heavy atom. The molecule has 5 saturated carbocycles. The van der Waals surface area contributed by atoms with Crippen LogP contribution in [0.1, 0.15) is 99.8 Å². The van der Waals surface area contributed by atoms with Crippen molar-refractivity contribution in [3.63, 3.8) is 0 Å². The molecule has 13 atom stereocenters. The van der Waals surface area contributed by atoms with Crippen LogP contribution in [0.5, 0.6) is 0 Å². The molecule has 3 N–H and O–H groups in total. The van der Waals surface area contributed by atoms with Crippen molar-refractivity contribution in [2.45, 2.75) is 136 Å². The van der Waals surface area contributed by atoms with Crippen LogP contribution in [0.25, 0.3) is 0 Å². The van der Waals surface area contributed by atoms with Crippen molar-refractivity contribution < 1.29 is 24.8 Å². The van der Waals surface area contributed by atoms with Gasteiger partial charge in [0, 0.05) is 0 Å². The van der Waals surface area contributed by atoms with Crippen molar-refractivity contribution in [2.24, 2.45) is 50.7 Å². The van der Waals surface area contributed by atoms with Crippen molar-refractivity contribution in [3.05, 3.63) is 0 Å². The van der Waals surface area contributed by atoms with Crippen LogP contribution < -0.4 is 0 Å². The molecule has 0 aromatic rings. The van der Waals surface area contributed by atoms with Crippen LogP contribution in [0.3, 0.4) is 0 Å². The Kier molecular flexibility index (Phi) is 4.32. The minimum atomic E-state index is -1.62. The van der Waals surface area contributed by atoms with Gasteiger partial charge in [-0.05, 0) is 116 Å². The Hall–Kier alpha value is -0.200. The molecule has 0 amide bonds. The lowest BCUT2D eigenvalue weighted by atomic mass is 9.41. The first-order valence-electron chi connectivity index (χ1n) is 14.5. The Balaban J connectivity index is 1.26. The zero-order valence-corrected chi connectivity index (χ0v) is 22.9. The molecule has 0 radical (unpaired) electrons. The highest BCUT2D eigenvalue weighted by molar-refractivity contribution is 5.32. The van der Waals surface area contributed by atoms with E-state index in [2.05, 4.69) is 34.6 Å². The minimum absolute atomic E-state index is 0.0106. The average Bonchev–Trinajstić information content (AvgIpc) is 3.32. The standard InChI is InChI=1S/C30H48O5/c1-16-21-17(34-30(33)22(16)35-25(4,5)23(30)32)14-27(7)19-9-8-18-24(2,3)20(31)10-11-28(18)15-29(19,28)13-12-26(21,27)6/h16-23,31-33H,8-15H2,1-7H3/t16-,17-,18?,19?,20-,21-,22+,23+,26+,27-,28+,29-,30-/m0/s1. The van der Waals surface area contributed by atoms with Crippen molar-refractivity contribution in [2.75, 3.05) is 0 Å². The molecule has 0 aromatic heterocycles. The molecule has 7 aliphatic rings. The molecule has 7 rings (SSSR count). The van der Waals surface area contributed by atoms with E-state index in [4.69, 9.17) is 9.47 Å². The van der Waals surface area contributed by atoms with Gasteiger partial charge in [-0.15, -0.1) is 0 Å². The monoisotopic (exact) mass is 488 g/mol. The highest BCUT2D eigenvalue weighted by Gasteiger charge is 2.84. The molecular formula is C30H48O5. The van der Waals surface area contributed by atoms with Crippen molar-refractivity contribution in [1.82, 2.24) is 0 Å². The topological polar surface area (TPSA) is 79.2 Å². The summed E-state index contributed by atoms with van der Waals surface area (Å²) < 4.78 is 12.9. The molecule has 35 heavy (non-hydrogen) atoms. The lowest BCUT2D eigenvalue weighted by Crippen LogP contribution is -2.63. The van der Waals surface area contributed by atoms with Crippen LogP contribution >= 0.6 is 0 Å². The van der Waals surface area contributed by atoms with Crippen LogP contribution in [0.15, 0.2) is 0 Å². The summed E-state index contributed by atoms with van der Waals surface area (Å²) in [6.45, 7) is 15.7. The number of ether oxygens (including phenoxy) is 2. The molecule has 2 spiro atoms. The fourth-order valence-electron chi connectivity index (χ4n) is 12.6. The SMILES string of the molecule is C[C@H]1[C@H]2[C@H](C[C@@]3(C)C4CCC5C(C)(C)[C@@H](O)CC[C@@]56C[C@@]46CC[C@]23C)O[C@@]2(O)[C@@H]1OC(C)(C)[C@H]2O. The Morgan fingerprint density at radius 1 is 0.771 bits per heavy atom. The van der Waals surface area contributed by atoms with Gasteiger partial charge in [-0.1, -0.05) is 34.6 Å². The molecule has 2 heterocycles. The zero-order valence-electron chi connectivity index (χ0n) is 22.9. The van der Waals surface area contributed by atoms with Gasteiger partial charge in [0.05, 0.1) is 17.8 Å². The van der Waals surface area contributed by atoms with E-state index in [9.17, 15) is 15.3 Å². The number of aliphatic hydroxyl groups excluding tert-OH is 2. The van der Waals surface area contributed by atoms with E-state index in [1.165, 1.54) is 38.5 Å². The Bertz CT molecular complexity index is 962. The number of hydrogen-bond donors (Lipinski definition) is 3. The lowest BCUT2D eigenvalue weighted by Gasteiger charge is -2.63. The van der Waals surface area contributed by atoms with Gasteiger partial charge in [0.25, 0.3) is 0 Å². The van der Waals surface area contributed by atoms with E-state index in [-0.39, 0.29) is 34.4 Å². The second-order valence-corrected chi connectivity index (χ2v) is 15.9. The Morgan fingerprint density at radius 2 is 1.43 bits per heavy atom. The summed E-state index contributed by atoms with van der Waals surface area (Å²) in [7, 11) is 0. The third-order valence-electron chi connectivity index (χ3n) is 14.4. The quantitative estimate of drug-likeness (QED) is 0.462. The molecule has 0 aromatic carbocycles. The molecule has 7 fully saturated rings. The van der Waals surface area contributed by atoms with Crippen LogP contribution in [-0.4, -0.2) is 51.1 Å². The smallest absolute Gasteiger partial charge is 0.222 e. The van der Waals surface area contributed by atoms with Crippen molar-refractivity contribution >= 4 is 0 Å². The fraction of sp³-hybridized carbons (Fsp3) is 1.00. The summed E-state index contributed by atoms with van der Waals surface area (Å²) >= 11 is 0. The molecule has 2 aliphatic heterocycles. The third kappa shape index (κ3) is 2.34. The normalized spacial score (nSPS) is 65.3. The Labute approximate surface area is 211 Å². The maximum Gasteiger partial charge on any atom is 0.222 e. The first kappa shape index (κ1) is 23.9. The third-order valence-corrected chi connectivity index (χ3v) is 14.4. The van der Waals surface area contributed by atoms with Crippen molar-refractivity contribution in [3.8, 4) is 0 Å². The molecule has 0 bridgehead atoms. The summed E-state index contributed by atoms with van der Waals surface area (Å²) in [4.78, 5) is 0. The van der Waals surface area contributed by atoms with E-state index in [1.54, 1.807) is 0 Å². The van der Waals surface area contributed by atoms with Gasteiger partial charge < -0.3 is 24.8 Å². The van der Waals surface area contributed by atoms with Gasteiger partial charge in [-0.2, -0.15) is 0 Å². The summed E-state index contributed by atoms with van der Waals surface area (Å²) in [5, 5.41) is 33.6. The first-order chi connectivity index (χ1) is 16.1. The van der Waals surface area contributed by atoms with E-state index >= 15 is 0 Å². The molecule has 2 unspecified atom stereocenters. The van der Waals surface area contributed by atoms with Gasteiger partial charge in [-0.3, -0.25) is 0 Å². The zero-order chi connectivity index (χ0) is 25.2. The summed E-state index contributed by atoms with van der Waals surface area (Å²) in [6.07, 6.45) is 7.72. The van der Waals surface area contributed by atoms with Gasteiger partial charge in [0.15, 0.2) is 0 Å². The summed E-state index contributed by atoms with van der Waals surface area (Å²) in [5.41, 5.74) is 0.319. The number of rotatable bonds is 0. The van der Waals surface area contributed by atoms with E-state index in [0.717, 1.165) is 12.8 Å². The molecule has 5 nitrogen and oxygen atoms in total. The highest BCUT2D eigenvalue weighted by Crippen LogP contribution is 2.89. The summed E-state index contributed by atoms with van der Waals surface area (Å²) in [5.74, 6) is 0.142. The maximum atomic E-state index is 11.6. The van der Waals surface area contributed by atoms with Crippen LogP contribution in [-0.2, 0) is 9.47 Å². The molecule has 5 aliphatic carbocycles. The number of fused-ring (bicyclic) bond motifs is 5. The average molecular weight is 489 g/mol. The van der Waals surface area contributed by atoms with E-state index in [1.807, 2.05) is 13.8 Å². The number of aliphatic hydroxyl groups is 3. The second kappa shape index (κ2) is 6.33. The van der Waals surface area contributed by atoms with Crippen LogP contribution in [0.4, 0.5) is 0 Å². The molecule has 5 heteroatoms. The number of hydrogen-bond acceptors (Lipinski definition) is 5. The van der Waals surface area contributed by atoms with Gasteiger partial charge in [-0.25, -0.2) is 0 Å². The van der Waals surface area contributed by atoms with Crippen LogP contribution in [0, 0.1) is 50.7 Å². The first-order valence-corrected chi connectivity index (χ1v) is 14.5. The van der Waals surface area contributed by atoms with Gasteiger partial charge in [0.2, 0.25) is 5.79 Å². The molecule has 198 valence electrons.